The average Bonchev–Trinajstić information content (AvgIpc) is 3.29. The van der Waals surface area contributed by atoms with Gasteiger partial charge in [-0.2, -0.15) is 13.2 Å². The topological polar surface area (TPSA) is 46.5 Å². The summed E-state index contributed by atoms with van der Waals surface area (Å²) in [5, 5.41) is 10.3. The van der Waals surface area contributed by atoms with Gasteiger partial charge in [-0.25, -0.2) is 4.39 Å². The summed E-state index contributed by atoms with van der Waals surface area (Å²) in [5.41, 5.74) is 0.0509. The van der Waals surface area contributed by atoms with Gasteiger partial charge in [0.1, 0.15) is 5.82 Å². The van der Waals surface area contributed by atoms with E-state index in [1.165, 1.54) is 0 Å². The molecule has 8 heteroatoms. The molecule has 2 aliphatic rings. The Labute approximate surface area is 165 Å². The van der Waals surface area contributed by atoms with Gasteiger partial charge < -0.3 is 9.68 Å². The SMILES string of the molecule is O=C(Cc1ccc2c(c1)B(O)OC2C1CCCC1)c1ccc(F)cc1C(F)(F)F. The predicted molar refractivity (Wildman–Crippen MR) is 99.3 cm³/mol. The van der Waals surface area contributed by atoms with Gasteiger partial charge in [-0.15, -0.1) is 0 Å². The van der Waals surface area contributed by atoms with Crippen molar-refractivity contribution in [3.63, 3.8) is 0 Å². The summed E-state index contributed by atoms with van der Waals surface area (Å²) in [6.45, 7) is 0. The zero-order valence-corrected chi connectivity index (χ0v) is 15.5. The van der Waals surface area contributed by atoms with Crippen LogP contribution < -0.4 is 5.46 Å². The average molecular weight is 406 g/mol. The molecule has 1 atom stereocenters. The number of carbonyl (C=O) groups is 1. The quantitative estimate of drug-likeness (QED) is 0.470. The van der Waals surface area contributed by atoms with Crippen LogP contribution in [0.25, 0.3) is 0 Å². The number of fused-ring (bicyclic) bond motifs is 1. The zero-order chi connectivity index (χ0) is 20.8. The number of halogens is 4. The van der Waals surface area contributed by atoms with Gasteiger partial charge in [-0.1, -0.05) is 31.0 Å². The molecule has 1 fully saturated rings. The molecule has 1 unspecified atom stereocenters. The number of benzene rings is 2. The zero-order valence-electron chi connectivity index (χ0n) is 15.5. The Balaban J connectivity index is 1.59. The molecule has 4 rings (SSSR count). The highest BCUT2D eigenvalue weighted by Crippen LogP contribution is 2.40. The minimum absolute atomic E-state index is 0.193. The van der Waals surface area contributed by atoms with Gasteiger partial charge in [-0.05, 0) is 53.5 Å². The standard InChI is InChI=1S/C21H19BF4O3/c23-14-6-8-15(17(11-14)21(24,25)26)19(27)10-12-5-7-16-18(9-12)22(28)29-20(16)13-3-1-2-4-13/h5-9,11,13,20,28H,1-4,10H2. The number of carbonyl (C=O) groups excluding carboxylic acids is 1. The third-order valence-electron chi connectivity index (χ3n) is 5.78. The molecule has 2 aromatic carbocycles. The molecular weight excluding hydrogens is 387 g/mol. The van der Waals surface area contributed by atoms with Crippen LogP contribution in [0.4, 0.5) is 17.6 Å². The van der Waals surface area contributed by atoms with Crippen molar-refractivity contribution in [1.82, 2.24) is 0 Å². The molecule has 29 heavy (non-hydrogen) atoms. The molecule has 1 aliphatic heterocycles. The second-order valence-corrected chi connectivity index (χ2v) is 7.70. The normalized spacial score (nSPS) is 19.6. The lowest BCUT2D eigenvalue weighted by molar-refractivity contribution is -0.138. The largest absolute Gasteiger partial charge is 0.491 e. The third kappa shape index (κ3) is 3.96. The molecule has 1 N–H and O–H groups in total. The lowest BCUT2D eigenvalue weighted by atomic mass is 9.77. The molecule has 152 valence electrons. The first-order valence-corrected chi connectivity index (χ1v) is 9.60. The highest BCUT2D eigenvalue weighted by molar-refractivity contribution is 6.61. The Morgan fingerprint density at radius 2 is 1.86 bits per heavy atom. The summed E-state index contributed by atoms with van der Waals surface area (Å²) in [4.78, 5) is 12.5. The molecule has 0 amide bonds. The van der Waals surface area contributed by atoms with E-state index in [0.717, 1.165) is 43.4 Å². The van der Waals surface area contributed by atoms with Crippen molar-refractivity contribution in [2.75, 3.05) is 0 Å². The predicted octanol–water partition coefficient (Wildman–Crippen LogP) is 4.22. The van der Waals surface area contributed by atoms with Crippen molar-refractivity contribution >= 4 is 18.4 Å². The fraction of sp³-hybridized carbons (Fsp3) is 0.381. The second-order valence-electron chi connectivity index (χ2n) is 7.70. The van der Waals surface area contributed by atoms with E-state index in [1.54, 1.807) is 18.2 Å². The number of Topliss-reactive ketones (excluding diaryl/α,β-unsaturated/α-hetero) is 1. The summed E-state index contributed by atoms with van der Waals surface area (Å²) in [5.74, 6) is -1.48. The van der Waals surface area contributed by atoms with Crippen molar-refractivity contribution < 1.29 is 32.0 Å². The van der Waals surface area contributed by atoms with Crippen molar-refractivity contribution in [3.8, 4) is 0 Å². The van der Waals surface area contributed by atoms with Gasteiger partial charge in [0.05, 0.1) is 11.7 Å². The number of alkyl halides is 3. The Bertz CT molecular complexity index is 938. The van der Waals surface area contributed by atoms with Crippen LogP contribution in [0.3, 0.4) is 0 Å². The van der Waals surface area contributed by atoms with E-state index in [9.17, 15) is 27.4 Å². The maximum atomic E-state index is 13.3. The Kier molecular flexibility index (Phi) is 5.25. The van der Waals surface area contributed by atoms with Gasteiger partial charge in [0.15, 0.2) is 5.78 Å². The van der Waals surface area contributed by atoms with Gasteiger partial charge in [0.2, 0.25) is 0 Å². The van der Waals surface area contributed by atoms with Gasteiger partial charge >= 0.3 is 13.3 Å². The first kappa shape index (κ1) is 20.1. The molecule has 3 nitrogen and oxygen atoms in total. The van der Waals surface area contributed by atoms with Crippen LogP contribution in [-0.4, -0.2) is 17.9 Å². The van der Waals surface area contributed by atoms with E-state index in [4.69, 9.17) is 4.65 Å². The van der Waals surface area contributed by atoms with E-state index in [0.29, 0.717) is 23.0 Å². The van der Waals surface area contributed by atoms with Crippen LogP contribution in [0.2, 0.25) is 0 Å². The molecule has 1 saturated carbocycles. The summed E-state index contributed by atoms with van der Waals surface area (Å²) in [7, 11) is -1.11. The summed E-state index contributed by atoms with van der Waals surface area (Å²) in [6, 6.07) is 7.11. The minimum Gasteiger partial charge on any atom is -0.423 e. The summed E-state index contributed by atoms with van der Waals surface area (Å²) < 4.78 is 58.5. The Morgan fingerprint density at radius 1 is 1.14 bits per heavy atom. The van der Waals surface area contributed by atoms with Crippen molar-refractivity contribution in [3.05, 3.63) is 64.5 Å². The number of rotatable bonds is 4. The molecular formula is C21H19BF4O3. The van der Waals surface area contributed by atoms with Crippen molar-refractivity contribution in [2.24, 2.45) is 5.92 Å². The number of hydrogen-bond donors (Lipinski definition) is 1. The highest BCUT2D eigenvalue weighted by Gasteiger charge is 2.40. The molecule has 1 heterocycles. The molecule has 2 aromatic rings. The molecule has 0 radical (unpaired) electrons. The van der Waals surface area contributed by atoms with E-state index in [1.807, 2.05) is 0 Å². The van der Waals surface area contributed by atoms with Crippen LogP contribution in [0, 0.1) is 11.7 Å². The van der Waals surface area contributed by atoms with Crippen molar-refractivity contribution in [1.29, 1.82) is 0 Å². The first-order valence-electron chi connectivity index (χ1n) is 9.60. The van der Waals surface area contributed by atoms with E-state index in [2.05, 4.69) is 0 Å². The highest BCUT2D eigenvalue weighted by atomic mass is 19.4. The van der Waals surface area contributed by atoms with Gasteiger partial charge in [0, 0.05) is 12.0 Å². The van der Waals surface area contributed by atoms with Gasteiger partial charge in [-0.3, -0.25) is 4.79 Å². The fourth-order valence-corrected chi connectivity index (χ4v) is 4.39. The maximum Gasteiger partial charge on any atom is 0.491 e. The monoisotopic (exact) mass is 406 g/mol. The molecule has 0 saturated heterocycles. The Hall–Kier alpha value is -2.19. The van der Waals surface area contributed by atoms with E-state index in [-0.39, 0.29) is 12.5 Å². The molecule has 1 aliphatic carbocycles. The third-order valence-corrected chi connectivity index (χ3v) is 5.78. The summed E-state index contributed by atoms with van der Waals surface area (Å²) >= 11 is 0. The smallest absolute Gasteiger partial charge is 0.423 e. The summed E-state index contributed by atoms with van der Waals surface area (Å²) in [6.07, 6.45) is -0.999. The van der Waals surface area contributed by atoms with Crippen LogP contribution >= 0.6 is 0 Å². The molecule has 0 spiro atoms. The van der Waals surface area contributed by atoms with Crippen LogP contribution in [0.1, 0.15) is 58.8 Å². The second kappa shape index (κ2) is 7.57. The van der Waals surface area contributed by atoms with Crippen LogP contribution in [-0.2, 0) is 17.3 Å². The number of ketones is 1. The Morgan fingerprint density at radius 3 is 2.55 bits per heavy atom. The van der Waals surface area contributed by atoms with E-state index < -0.39 is 36.0 Å². The lowest BCUT2D eigenvalue weighted by Gasteiger charge is -2.19. The molecule has 0 bridgehead atoms. The maximum absolute atomic E-state index is 13.3. The minimum atomic E-state index is -4.83. The lowest BCUT2D eigenvalue weighted by Crippen LogP contribution is -2.28. The first-order chi connectivity index (χ1) is 13.7. The van der Waals surface area contributed by atoms with Crippen LogP contribution in [0.15, 0.2) is 36.4 Å². The number of hydrogen-bond acceptors (Lipinski definition) is 3. The van der Waals surface area contributed by atoms with Crippen molar-refractivity contribution in [2.45, 2.75) is 44.4 Å². The molecule has 0 aromatic heterocycles. The van der Waals surface area contributed by atoms with E-state index >= 15 is 0 Å². The van der Waals surface area contributed by atoms with Crippen LogP contribution in [0.5, 0.6) is 0 Å². The van der Waals surface area contributed by atoms with Gasteiger partial charge in [0.25, 0.3) is 0 Å². The fourth-order valence-electron chi connectivity index (χ4n) is 4.39.